The summed E-state index contributed by atoms with van der Waals surface area (Å²) in [7, 11) is 0. The average Bonchev–Trinajstić information content (AvgIpc) is 2.37. The quantitative estimate of drug-likeness (QED) is 0.871. The molecule has 19 heavy (non-hydrogen) atoms. The lowest BCUT2D eigenvalue weighted by molar-refractivity contribution is -0.0521. The van der Waals surface area contributed by atoms with E-state index in [9.17, 15) is 0 Å². The highest BCUT2D eigenvalue weighted by atomic mass is 14.6. The van der Waals surface area contributed by atoms with Crippen molar-refractivity contribution in [2.45, 2.75) is 51.5 Å². The lowest BCUT2D eigenvalue weighted by Gasteiger charge is -2.57. The van der Waals surface area contributed by atoms with Gasteiger partial charge in [0, 0.05) is 6.54 Å². The molecule has 4 saturated carbocycles. The molecule has 1 nitrogen and oxygen atoms in total. The Kier molecular flexibility index (Phi) is 2.73. The van der Waals surface area contributed by atoms with Gasteiger partial charge < -0.3 is 5.73 Å². The summed E-state index contributed by atoms with van der Waals surface area (Å²) < 4.78 is 0. The van der Waals surface area contributed by atoms with Crippen molar-refractivity contribution in [1.82, 2.24) is 0 Å². The molecule has 0 spiro atoms. The van der Waals surface area contributed by atoms with E-state index in [-0.39, 0.29) is 0 Å². The molecule has 0 heterocycles. The predicted octanol–water partition coefficient (Wildman–Crippen LogP) is 3.90. The zero-order valence-electron chi connectivity index (χ0n) is 11.8. The zero-order valence-corrected chi connectivity index (χ0v) is 11.8. The van der Waals surface area contributed by atoms with E-state index in [4.69, 9.17) is 5.73 Å². The fourth-order valence-electron chi connectivity index (χ4n) is 5.73. The van der Waals surface area contributed by atoms with Gasteiger partial charge in [-0.15, -0.1) is 0 Å². The molecule has 0 aromatic heterocycles. The summed E-state index contributed by atoms with van der Waals surface area (Å²) in [6, 6.07) is 9.08. The molecule has 4 fully saturated rings. The minimum absolute atomic E-state index is 0.664. The van der Waals surface area contributed by atoms with Gasteiger partial charge in [0.15, 0.2) is 0 Å². The molecule has 0 aliphatic heterocycles. The molecule has 1 aromatic carbocycles. The van der Waals surface area contributed by atoms with Crippen LogP contribution in [0.2, 0.25) is 0 Å². The SMILES string of the molecule is NCc1ccc(CC23CC4CC(CC(C4)C2)C3)cc1. The molecule has 102 valence electrons. The smallest absolute Gasteiger partial charge is 0.0178 e. The Morgan fingerprint density at radius 3 is 1.79 bits per heavy atom. The van der Waals surface area contributed by atoms with Gasteiger partial charge in [-0.3, -0.25) is 0 Å². The van der Waals surface area contributed by atoms with Crippen LogP contribution in [0.5, 0.6) is 0 Å². The van der Waals surface area contributed by atoms with Crippen LogP contribution in [-0.2, 0) is 13.0 Å². The van der Waals surface area contributed by atoms with E-state index in [1.807, 2.05) is 0 Å². The summed E-state index contributed by atoms with van der Waals surface area (Å²) in [5.41, 5.74) is 9.15. The molecule has 0 saturated heterocycles. The van der Waals surface area contributed by atoms with E-state index in [0.29, 0.717) is 12.0 Å². The first-order chi connectivity index (χ1) is 9.25. The second kappa shape index (κ2) is 4.34. The Hall–Kier alpha value is -0.820. The third-order valence-electron chi connectivity index (χ3n) is 6.00. The number of rotatable bonds is 3. The zero-order chi connectivity index (χ0) is 12.9. The first kappa shape index (κ1) is 12.0. The van der Waals surface area contributed by atoms with Crippen LogP contribution in [0.25, 0.3) is 0 Å². The van der Waals surface area contributed by atoms with Crippen LogP contribution < -0.4 is 5.73 Å². The minimum atomic E-state index is 0.664. The molecule has 0 amide bonds. The van der Waals surface area contributed by atoms with Crippen LogP contribution in [0.1, 0.15) is 49.7 Å². The second-order valence-corrected chi connectivity index (χ2v) is 7.61. The first-order valence-corrected chi connectivity index (χ1v) is 8.03. The maximum Gasteiger partial charge on any atom is 0.0178 e. The van der Waals surface area contributed by atoms with Gasteiger partial charge in [0.25, 0.3) is 0 Å². The minimum Gasteiger partial charge on any atom is -0.326 e. The summed E-state index contributed by atoms with van der Waals surface area (Å²) >= 11 is 0. The molecular weight excluding hydrogens is 230 g/mol. The van der Waals surface area contributed by atoms with Gasteiger partial charge in [-0.25, -0.2) is 0 Å². The van der Waals surface area contributed by atoms with E-state index in [0.717, 1.165) is 17.8 Å². The van der Waals surface area contributed by atoms with Crippen molar-refractivity contribution in [3.8, 4) is 0 Å². The number of benzene rings is 1. The van der Waals surface area contributed by atoms with Crippen molar-refractivity contribution < 1.29 is 0 Å². The Morgan fingerprint density at radius 2 is 1.32 bits per heavy atom. The summed E-state index contributed by atoms with van der Waals surface area (Å²) in [5, 5.41) is 0. The van der Waals surface area contributed by atoms with Gasteiger partial charge in [-0.2, -0.15) is 0 Å². The highest BCUT2D eigenvalue weighted by Gasteiger charge is 2.50. The van der Waals surface area contributed by atoms with Crippen molar-refractivity contribution in [2.75, 3.05) is 0 Å². The Balaban J connectivity index is 1.55. The number of hydrogen-bond acceptors (Lipinski definition) is 1. The van der Waals surface area contributed by atoms with Gasteiger partial charge in [0.2, 0.25) is 0 Å². The van der Waals surface area contributed by atoms with Crippen molar-refractivity contribution >= 4 is 0 Å². The Labute approximate surface area is 116 Å². The summed E-state index contributed by atoms with van der Waals surface area (Å²) in [6.07, 6.45) is 10.5. The van der Waals surface area contributed by atoms with Crippen LogP contribution in [-0.4, -0.2) is 0 Å². The van der Waals surface area contributed by atoms with E-state index in [2.05, 4.69) is 24.3 Å². The van der Waals surface area contributed by atoms with Gasteiger partial charge in [0.05, 0.1) is 0 Å². The fraction of sp³-hybridized carbons (Fsp3) is 0.667. The average molecular weight is 255 g/mol. The maximum absolute atomic E-state index is 5.69. The molecule has 2 N–H and O–H groups in total. The van der Waals surface area contributed by atoms with E-state index < -0.39 is 0 Å². The topological polar surface area (TPSA) is 26.0 Å². The van der Waals surface area contributed by atoms with Gasteiger partial charge in [-0.1, -0.05) is 24.3 Å². The maximum atomic E-state index is 5.69. The van der Waals surface area contributed by atoms with Crippen molar-refractivity contribution in [2.24, 2.45) is 28.9 Å². The number of nitrogens with two attached hydrogens (primary N) is 1. The van der Waals surface area contributed by atoms with Crippen molar-refractivity contribution in [3.05, 3.63) is 35.4 Å². The van der Waals surface area contributed by atoms with Crippen LogP contribution in [0.15, 0.2) is 24.3 Å². The molecule has 4 aliphatic rings. The van der Waals surface area contributed by atoms with Crippen LogP contribution >= 0.6 is 0 Å². The van der Waals surface area contributed by atoms with Gasteiger partial charge in [-0.05, 0) is 79.2 Å². The Morgan fingerprint density at radius 1 is 0.842 bits per heavy atom. The Bertz CT molecular complexity index is 424. The molecule has 4 bridgehead atoms. The van der Waals surface area contributed by atoms with Crippen LogP contribution in [0.3, 0.4) is 0 Å². The van der Waals surface area contributed by atoms with Gasteiger partial charge >= 0.3 is 0 Å². The highest BCUT2D eigenvalue weighted by Crippen LogP contribution is 2.60. The normalized spacial score (nSPS) is 39.7. The molecule has 5 rings (SSSR count). The third-order valence-corrected chi connectivity index (χ3v) is 6.00. The molecular formula is C18H25N. The monoisotopic (exact) mass is 255 g/mol. The van der Waals surface area contributed by atoms with E-state index in [1.165, 1.54) is 31.2 Å². The molecule has 0 radical (unpaired) electrons. The molecule has 1 heteroatoms. The van der Waals surface area contributed by atoms with Crippen molar-refractivity contribution in [3.63, 3.8) is 0 Å². The van der Waals surface area contributed by atoms with Crippen LogP contribution in [0, 0.1) is 23.2 Å². The van der Waals surface area contributed by atoms with E-state index >= 15 is 0 Å². The standard InChI is InChI=1S/C18H25N/c19-12-14-3-1-13(2-4-14)8-18-9-15-5-16(10-18)7-17(6-15)11-18/h1-4,15-17H,5-12,19H2. The second-order valence-electron chi connectivity index (χ2n) is 7.61. The highest BCUT2D eigenvalue weighted by molar-refractivity contribution is 5.24. The number of hydrogen-bond donors (Lipinski definition) is 1. The summed E-state index contributed by atoms with van der Waals surface area (Å²) in [6.45, 7) is 0.664. The van der Waals surface area contributed by atoms with Crippen LogP contribution in [0.4, 0.5) is 0 Å². The molecule has 0 atom stereocenters. The predicted molar refractivity (Wildman–Crippen MR) is 78.6 cm³/mol. The van der Waals surface area contributed by atoms with E-state index in [1.54, 1.807) is 24.8 Å². The molecule has 0 unspecified atom stereocenters. The third kappa shape index (κ3) is 2.12. The first-order valence-electron chi connectivity index (χ1n) is 8.03. The molecule has 1 aromatic rings. The molecule has 4 aliphatic carbocycles. The fourth-order valence-corrected chi connectivity index (χ4v) is 5.73. The van der Waals surface area contributed by atoms with Gasteiger partial charge in [0.1, 0.15) is 0 Å². The summed E-state index contributed by atoms with van der Waals surface area (Å²) in [5.74, 6) is 3.19. The lowest BCUT2D eigenvalue weighted by atomic mass is 9.48. The van der Waals surface area contributed by atoms with Crippen molar-refractivity contribution in [1.29, 1.82) is 0 Å². The summed E-state index contributed by atoms with van der Waals surface area (Å²) in [4.78, 5) is 0. The largest absolute Gasteiger partial charge is 0.326 e. The lowest BCUT2D eigenvalue weighted by Crippen LogP contribution is -2.47.